The summed E-state index contributed by atoms with van der Waals surface area (Å²) in [4.78, 5) is 13.5. The average molecular weight is 232 g/mol. The third-order valence-electron chi connectivity index (χ3n) is 3.38. The van der Waals surface area contributed by atoms with Gasteiger partial charge >= 0.3 is 0 Å². The second-order valence-corrected chi connectivity index (χ2v) is 4.60. The average Bonchev–Trinajstić information content (AvgIpc) is 2.78. The van der Waals surface area contributed by atoms with E-state index in [0.29, 0.717) is 0 Å². The highest BCUT2D eigenvalue weighted by molar-refractivity contribution is 6.27. The van der Waals surface area contributed by atoms with Gasteiger partial charge in [-0.15, -0.1) is 11.6 Å². The van der Waals surface area contributed by atoms with Gasteiger partial charge in [0, 0.05) is 13.2 Å². The number of amides is 1. The van der Waals surface area contributed by atoms with Gasteiger partial charge in [0.1, 0.15) is 5.88 Å². The summed E-state index contributed by atoms with van der Waals surface area (Å²) in [5, 5.41) is 0. The van der Waals surface area contributed by atoms with Crippen LogP contribution >= 0.6 is 11.6 Å². The first kappa shape index (κ1) is 11.2. The molecule has 86 valence electrons. The van der Waals surface area contributed by atoms with Crippen molar-refractivity contribution in [2.75, 3.05) is 19.0 Å². The predicted octanol–water partition coefficient (Wildman–Crippen LogP) is 1.79. The van der Waals surface area contributed by atoms with Crippen molar-refractivity contribution >= 4 is 17.5 Å². The van der Waals surface area contributed by atoms with E-state index < -0.39 is 0 Å². The first-order valence-corrected chi connectivity index (χ1v) is 6.33. The maximum atomic E-state index is 11.6. The first-order chi connectivity index (χ1) is 7.33. The number of halogens is 1. The third-order valence-corrected chi connectivity index (χ3v) is 3.61. The lowest BCUT2D eigenvalue weighted by atomic mass is 10.0. The van der Waals surface area contributed by atoms with Crippen molar-refractivity contribution in [1.82, 2.24) is 4.90 Å². The quantitative estimate of drug-likeness (QED) is 0.679. The number of nitrogens with zero attached hydrogens (tertiary/aromatic N) is 1. The Balaban J connectivity index is 1.97. The summed E-state index contributed by atoms with van der Waals surface area (Å²) in [6.07, 6.45) is 5.90. The molecule has 2 unspecified atom stereocenters. The zero-order chi connectivity index (χ0) is 10.7. The van der Waals surface area contributed by atoms with Gasteiger partial charge in [0.05, 0.1) is 12.1 Å². The van der Waals surface area contributed by atoms with Crippen molar-refractivity contribution < 1.29 is 9.53 Å². The molecular weight excluding hydrogens is 214 g/mol. The van der Waals surface area contributed by atoms with Gasteiger partial charge in [-0.2, -0.15) is 0 Å². The molecule has 2 heterocycles. The van der Waals surface area contributed by atoms with E-state index in [4.69, 9.17) is 16.3 Å². The lowest BCUT2D eigenvalue weighted by molar-refractivity contribution is -0.133. The Morgan fingerprint density at radius 1 is 1.33 bits per heavy atom. The molecule has 0 saturated carbocycles. The molecule has 2 aliphatic heterocycles. The number of likely N-dealkylation sites (tertiary alicyclic amines) is 1. The van der Waals surface area contributed by atoms with Crippen molar-refractivity contribution in [2.24, 2.45) is 0 Å². The van der Waals surface area contributed by atoms with Crippen LogP contribution in [0.1, 0.15) is 32.1 Å². The van der Waals surface area contributed by atoms with Gasteiger partial charge < -0.3 is 9.64 Å². The Morgan fingerprint density at radius 2 is 2.20 bits per heavy atom. The lowest BCUT2D eigenvalue weighted by Crippen LogP contribution is -2.45. The molecule has 4 heteroatoms. The molecule has 2 fully saturated rings. The maximum absolute atomic E-state index is 11.6. The Kier molecular flexibility index (Phi) is 3.87. The summed E-state index contributed by atoms with van der Waals surface area (Å²) in [7, 11) is 0. The van der Waals surface area contributed by atoms with Crippen LogP contribution in [0.5, 0.6) is 0 Å². The zero-order valence-corrected chi connectivity index (χ0v) is 9.71. The molecule has 0 radical (unpaired) electrons. The van der Waals surface area contributed by atoms with Gasteiger partial charge in [0.25, 0.3) is 0 Å². The van der Waals surface area contributed by atoms with Crippen LogP contribution in [0, 0.1) is 0 Å². The Morgan fingerprint density at radius 3 is 2.87 bits per heavy atom. The summed E-state index contributed by atoms with van der Waals surface area (Å²) in [5.41, 5.74) is 0. The summed E-state index contributed by atoms with van der Waals surface area (Å²) >= 11 is 5.60. The second kappa shape index (κ2) is 5.17. The third kappa shape index (κ3) is 2.45. The van der Waals surface area contributed by atoms with Crippen LogP contribution in [-0.2, 0) is 9.53 Å². The molecule has 2 saturated heterocycles. The van der Waals surface area contributed by atoms with E-state index in [-0.39, 0.29) is 23.9 Å². The number of rotatable bonds is 2. The van der Waals surface area contributed by atoms with Crippen molar-refractivity contribution in [3.8, 4) is 0 Å². The molecule has 0 aromatic carbocycles. The number of carbonyl (C=O) groups is 1. The Hall–Kier alpha value is -0.280. The maximum Gasteiger partial charge on any atom is 0.237 e. The van der Waals surface area contributed by atoms with E-state index in [9.17, 15) is 4.79 Å². The molecule has 0 bridgehead atoms. The van der Waals surface area contributed by atoms with Crippen LogP contribution in [-0.4, -0.2) is 42.0 Å². The first-order valence-electron chi connectivity index (χ1n) is 5.80. The van der Waals surface area contributed by atoms with Crippen molar-refractivity contribution in [2.45, 2.75) is 44.2 Å². The van der Waals surface area contributed by atoms with Crippen LogP contribution in [0.15, 0.2) is 0 Å². The second-order valence-electron chi connectivity index (χ2n) is 4.34. The lowest BCUT2D eigenvalue weighted by Gasteiger charge is -2.33. The fourth-order valence-electron chi connectivity index (χ4n) is 2.63. The summed E-state index contributed by atoms with van der Waals surface area (Å²) in [5.74, 6) is 0.164. The van der Waals surface area contributed by atoms with Crippen LogP contribution in [0.3, 0.4) is 0 Å². The molecule has 2 aliphatic rings. The van der Waals surface area contributed by atoms with Crippen molar-refractivity contribution in [1.29, 1.82) is 0 Å². The van der Waals surface area contributed by atoms with Gasteiger partial charge in [-0.3, -0.25) is 4.79 Å². The smallest absolute Gasteiger partial charge is 0.237 e. The summed E-state index contributed by atoms with van der Waals surface area (Å²) < 4.78 is 5.75. The molecular formula is C11H18ClNO2. The highest BCUT2D eigenvalue weighted by Gasteiger charge is 2.35. The molecule has 0 N–H and O–H groups in total. The molecule has 1 amide bonds. The largest absolute Gasteiger partial charge is 0.376 e. The number of carbonyl (C=O) groups excluding carboxylic acids is 1. The zero-order valence-electron chi connectivity index (χ0n) is 8.95. The SMILES string of the molecule is O=C(CCl)N1CCCC1C1CCCCO1. The normalized spacial score (nSPS) is 31.9. The van der Waals surface area contributed by atoms with Crippen molar-refractivity contribution in [3.05, 3.63) is 0 Å². The fraction of sp³-hybridized carbons (Fsp3) is 0.909. The number of hydrogen-bond acceptors (Lipinski definition) is 2. The molecule has 0 aliphatic carbocycles. The van der Waals surface area contributed by atoms with Crippen LogP contribution in [0.2, 0.25) is 0 Å². The topological polar surface area (TPSA) is 29.5 Å². The Bertz CT molecular complexity index is 229. The van der Waals surface area contributed by atoms with Crippen LogP contribution < -0.4 is 0 Å². The molecule has 2 atom stereocenters. The van der Waals surface area contributed by atoms with E-state index in [1.165, 1.54) is 6.42 Å². The number of hydrogen-bond donors (Lipinski definition) is 0. The van der Waals surface area contributed by atoms with Crippen LogP contribution in [0.4, 0.5) is 0 Å². The monoisotopic (exact) mass is 231 g/mol. The van der Waals surface area contributed by atoms with E-state index in [0.717, 1.165) is 38.8 Å². The van der Waals surface area contributed by atoms with Gasteiger partial charge in [0.2, 0.25) is 5.91 Å². The standard InChI is InChI=1S/C11H18ClNO2/c12-8-11(14)13-6-3-4-9(13)10-5-1-2-7-15-10/h9-10H,1-8H2. The Labute approximate surface area is 95.7 Å². The van der Waals surface area contributed by atoms with Gasteiger partial charge in [-0.1, -0.05) is 0 Å². The molecule has 0 aromatic heterocycles. The molecule has 0 aromatic rings. The van der Waals surface area contributed by atoms with E-state index in [1.54, 1.807) is 0 Å². The van der Waals surface area contributed by atoms with E-state index in [1.807, 2.05) is 4.90 Å². The molecule has 0 spiro atoms. The minimum Gasteiger partial charge on any atom is -0.376 e. The van der Waals surface area contributed by atoms with Crippen molar-refractivity contribution in [3.63, 3.8) is 0 Å². The van der Waals surface area contributed by atoms with E-state index in [2.05, 4.69) is 0 Å². The minimum absolute atomic E-state index is 0.0633. The number of ether oxygens (including phenoxy) is 1. The molecule has 2 rings (SSSR count). The predicted molar refractivity (Wildman–Crippen MR) is 59.0 cm³/mol. The molecule has 15 heavy (non-hydrogen) atoms. The molecule has 3 nitrogen and oxygen atoms in total. The summed E-state index contributed by atoms with van der Waals surface area (Å²) in [6, 6.07) is 0.288. The van der Waals surface area contributed by atoms with Crippen LogP contribution in [0.25, 0.3) is 0 Å². The highest BCUT2D eigenvalue weighted by Crippen LogP contribution is 2.27. The fourth-order valence-corrected chi connectivity index (χ4v) is 2.79. The van der Waals surface area contributed by atoms with E-state index >= 15 is 0 Å². The summed E-state index contributed by atoms with van der Waals surface area (Å²) in [6.45, 7) is 1.71. The van der Waals surface area contributed by atoms with Gasteiger partial charge in [-0.05, 0) is 32.1 Å². The minimum atomic E-state index is 0.0633. The van der Waals surface area contributed by atoms with Gasteiger partial charge in [0.15, 0.2) is 0 Å². The number of alkyl halides is 1. The van der Waals surface area contributed by atoms with Gasteiger partial charge in [-0.25, -0.2) is 0 Å². The highest BCUT2D eigenvalue weighted by atomic mass is 35.5.